The molecule has 1 atom stereocenters. The molecule has 0 spiro atoms. The third kappa shape index (κ3) is 5.71. The molecular formula is C19H20ClN5O2S2. The molecule has 0 fully saturated rings. The molecule has 152 valence electrons. The van der Waals surface area contributed by atoms with Crippen molar-refractivity contribution in [2.75, 3.05) is 6.61 Å². The van der Waals surface area contributed by atoms with Crippen LogP contribution in [0, 0.1) is 0 Å². The van der Waals surface area contributed by atoms with E-state index in [0.29, 0.717) is 34.1 Å². The summed E-state index contributed by atoms with van der Waals surface area (Å²) in [7, 11) is 0. The van der Waals surface area contributed by atoms with E-state index in [9.17, 15) is 4.79 Å². The van der Waals surface area contributed by atoms with E-state index in [1.165, 1.54) is 23.5 Å². The predicted octanol–water partition coefficient (Wildman–Crippen LogP) is 4.44. The van der Waals surface area contributed by atoms with Gasteiger partial charge >= 0.3 is 5.97 Å². The number of rotatable bonds is 9. The SMILES string of the molecule is CCOC(=O)C(CC)Sc1nnc(CSc2ncccn2)n1-c1ccc(Cl)cc1. The van der Waals surface area contributed by atoms with Crippen LogP contribution in [0.25, 0.3) is 5.69 Å². The highest BCUT2D eigenvalue weighted by Crippen LogP contribution is 2.30. The quantitative estimate of drug-likeness (QED) is 0.269. The fourth-order valence-electron chi connectivity index (χ4n) is 2.47. The fourth-order valence-corrected chi connectivity index (χ4v) is 4.30. The van der Waals surface area contributed by atoms with E-state index in [1.54, 1.807) is 25.4 Å². The highest BCUT2D eigenvalue weighted by atomic mass is 35.5. The number of carbonyl (C=O) groups is 1. The number of carbonyl (C=O) groups excluding carboxylic acids is 1. The Morgan fingerprint density at radius 1 is 1.17 bits per heavy atom. The second kappa shape index (κ2) is 10.6. The topological polar surface area (TPSA) is 82.8 Å². The Bertz CT molecular complexity index is 938. The molecule has 0 aliphatic heterocycles. The van der Waals surface area contributed by atoms with Gasteiger partial charge in [0.2, 0.25) is 0 Å². The second-order valence-corrected chi connectivity index (χ2v) is 8.35. The Hall–Kier alpha value is -2.10. The number of ether oxygens (including phenoxy) is 1. The molecule has 1 aromatic carbocycles. The van der Waals surface area contributed by atoms with Crippen LogP contribution in [-0.4, -0.2) is 42.6 Å². The highest BCUT2D eigenvalue weighted by molar-refractivity contribution is 8.00. The number of nitrogens with zero attached hydrogens (tertiary/aromatic N) is 5. The van der Waals surface area contributed by atoms with Gasteiger partial charge in [-0.3, -0.25) is 9.36 Å². The molecule has 1 unspecified atom stereocenters. The third-order valence-electron chi connectivity index (χ3n) is 3.83. The predicted molar refractivity (Wildman–Crippen MR) is 115 cm³/mol. The molecule has 2 heterocycles. The van der Waals surface area contributed by atoms with Crippen LogP contribution < -0.4 is 0 Å². The number of hydrogen-bond donors (Lipinski definition) is 0. The lowest BCUT2D eigenvalue weighted by Gasteiger charge is -2.14. The zero-order chi connectivity index (χ0) is 20.6. The molecule has 0 amide bonds. The minimum absolute atomic E-state index is 0.251. The smallest absolute Gasteiger partial charge is 0.319 e. The summed E-state index contributed by atoms with van der Waals surface area (Å²) in [6.07, 6.45) is 4.02. The zero-order valence-corrected chi connectivity index (χ0v) is 18.4. The first-order chi connectivity index (χ1) is 14.1. The molecule has 2 aromatic heterocycles. The summed E-state index contributed by atoms with van der Waals surface area (Å²) in [5, 5.41) is 10.3. The van der Waals surface area contributed by atoms with Crippen LogP contribution in [-0.2, 0) is 15.3 Å². The molecule has 0 N–H and O–H groups in total. The van der Waals surface area contributed by atoms with Gasteiger partial charge in [-0.15, -0.1) is 10.2 Å². The minimum Gasteiger partial charge on any atom is -0.465 e. The van der Waals surface area contributed by atoms with E-state index >= 15 is 0 Å². The van der Waals surface area contributed by atoms with Crippen molar-refractivity contribution in [1.29, 1.82) is 0 Å². The van der Waals surface area contributed by atoms with E-state index in [4.69, 9.17) is 16.3 Å². The van der Waals surface area contributed by atoms with Gasteiger partial charge < -0.3 is 4.74 Å². The van der Waals surface area contributed by atoms with Crippen molar-refractivity contribution in [2.45, 2.75) is 41.6 Å². The van der Waals surface area contributed by atoms with Crippen molar-refractivity contribution >= 4 is 41.1 Å². The van der Waals surface area contributed by atoms with Gasteiger partial charge in [0, 0.05) is 23.1 Å². The third-order valence-corrected chi connectivity index (χ3v) is 6.23. The first-order valence-corrected chi connectivity index (χ1v) is 11.3. The summed E-state index contributed by atoms with van der Waals surface area (Å²) in [5.74, 6) is 1.00. The maximum atomic E-state index is 12.3. The largest absolute Gasteiger partial charge is 0.465 e. The van der Waals surface area contributed by atoms with E-state index in [2.05, 4.69) is 20.2 Å². The number of thioether (sulfide) groups is 2. The molecule has 0 aliphatic rings. The number of halogens is 1. The summed E-state index contributed by atoms with van der Waals surface area (Å²) in [5.41, 5.74) is 0.866. The molecular weight excluding hydrogens is 430 g/mol. The van der Waals surface area contributed by atoms with E-state index in [1.807, 2.05) is 35.8 Å². The van der Waals surface area contributed by atoms with Gasteiger partial charge in [0.05, 0.1) is 12.4 Å². The van der Waals surface area contributed by atoms with E-state index in [0.717, 1.165) is 11.5 Å². The maximum absolute atomic E-state index is 12.3. The van der Waals surface area contributed by atoms with E-state index < -0.39 is 0 Å². The lowest BCUT2D eigenvalue weighted by atomic mass is 10.3. The standard InChI is InChI=1S/C19H20ClN5O2S2/c1-3-15(17(26)27-4-2)29-19-24-23-16(12-28-18-21-10-5-11-22-18)25(19)14-8-6-13(20)7-9-14/h5-11,15H,3-4,12H2,1-2H3. The van der Waals surface area contributed by atoms with Crippen LogP contribution in [0.5, 0.6) is 0 Å². The van der Waals surface area contributed by atoms with Gasteiger partial charge in [-0.1, -0.05) is 42.0 Å². The molecule has 3 rings (SSSR count). The van der Waals surface area contributed by atoms with Crippen molar-refractivity contribution < 1.29 is 9.53 Å². The zero-order valence-electron chi connectivity index (χ0n) is 16.0. The van der Waals surface area contributed by atoms with Gasteiger partial charge in [-0.25, -0.2) is 9.97 Å². The summed E-state index contributed by atoms with van der Waals surface area (Å²) in [4.78, 5) is 20.7. The van der Waals surface area contributed by atoms with Crippen LogP contribution >= 0.6 is 35.1 Å². The number of hydrogen-bond acceptors (Lipinski definition) is 8. The number of benzene rings is 1. The summed E-state index contributed by atoms with van der Waals surface area (Å²) < 4.78 is 7.11. The molecule has 0 saturated carbocycles. The second-order valence-electron chi connectivity index (χ2n) is 5.80. The van der Waals surface area contributed by atoms with Crippen LogP contribution in [0.4, 0.5) is 0 Å². The van der Waals surface area contributed by atoms with Crippen LogP contribution in [0.3, 0.4) is 0 Å². The fraction of sp³-hybridized carbons (Fsp3) is 0.316. The number of aromatic nitrogens is 5. The molecule has 0 bridgehead atoms. The summed E-state index contributed by atoms with van der Waals surface area (Å²) >= 11 is 8.86. The van der Waals surface area contributed by atoms with Crippen LogP contribution in [0.1, 0.15) is 26.1 Å². The Morgan fingerprint density at radius 3 is 2.55 bits per heavy atom. The van der Waals surface area contributed by atoms with Crippen molar-refractivity contribution in [2.24, 2.45) is 0 Å². The maximum Gasteiger partial charge on any atom is 0.319 e. The van der Waals surface area contributed by atoms with Crippen molar-refractivity contribution in [3.8, 4) is 5.69 Å². The van der Waals surface area contributed by atoms with Gasteiger partial charge in [0.25, 0.3) is 0 Å². The van der Waals surface area contributed by atoms with Gasteiger partial charge in [-0.2, -0.15) is 0 Å². The van der Waals surface area contributed by atoms with Crippen LogP contribution in [0.2, 0.25) is 5.02 Å². The monoisotopic (exact) mass is 449 g/mol. The summed E-state index contributed by atoms with van der Waals surface area (Å²) in [6.45, 7) is 4.09. The van der Waals surface area contributed by atoms with Crippen molar-refractivity contribution in [3.63, 3.8) is 0 Å². The average Bonchev–Trinajstić information content (AvgIpc) is 3.14. The highest BCUT2D eigenvalue weighted by Gasteiger charge is 2.24. The molecule has 7 nitrogen and oxygen atoms in total. The van der Waals surface area contributed by atoms with Gasteiger partial charge in [-0.05, 0) is 43.7 Å². The molecule has 0 radical (unpaired) electrons. The molecule has 0 saturated heterocycles. The number of esters is 1. The molecule has 10 heteroatoms. The van der Waals surface area contributed by atoms with Crippen LogP contribution in [0.15, 0.2) is 53.0 Å². The Labute approximate surface area is 182 Å². The normalized spacial score (nSPS) is 12.0. The Balaban J connectivity index is 1.90. The van der Waals surface area contributed by atoms with Crippen molar-refractivity contribution in [3.05, 3.63) is 53.6 Å². The molecule has 0 aliphatic carbocycles. The van der Waals surface area contributed by atoms with Gasteiger partial charge in [0.15, 0.2) is 10.3 Å². The Kier molecular flexibility index (Phi) is 7.91. The average molecular weight is 450 g/mol. The van der Waals surface area contributed by atoms with Gasteiger partial charge in [0.1, 0.15) is 11.1 Å². The lowest BCUT2D eigenvalue weighted by molar-refractivity contribution is -0.142. The minimum atomic E-state index is -0.358. The van der Waals surface area contributed by atoms with Crippen molar-refractivity contribution in [1.82, 2.24) is 24.7 Å². The summed E-state index contributed by atoms with van der Waals surface area (Å²) in [6, 6.07) is 9.19. The van der Waals surface area contributed by atoms with E-state index in [-0.39, 0.29) is 11.2 Å². The first-order valence-electron chi connectivity index (χ1n) is 9.05. The Morgan fingerprint density at radius 2 is 1.90 bits per heavy atom. The molecule has 29 heavy (non-hydrogen) atoms. The first kappa shape index (κ1) is 21.6. The lowest BCUT2D eigenvalue weighted by Crippen LogP contribution is -2.20. The molecule has 3 aromatic rings.